The van der Waals surface area contributed by atoms with Crippen molar-refractivity contribution in [2.45, 2.75) is 53.1 Å². The minimum atomic E-state index is -0.509. The molecule has 1 aromatic heterocycles. The molecule has 1 fully saturated rings. The summed E-state index contributed by atoms with van der Waals surface area (Å²) in [6, 6.07) is 3.56. The van der Waals surface area contributed by atoms with Gasteiger partial charge in [-0.05, 0) is 35.8 Å². The highest BCUT2D eigenvalue weighted by molar-refractivity contribution is 5.85. The van der Waals surface area contributed by atoms with Crippen LogP contribution < -0.4 is 16.0 Å². The van der Waals surface area contributed by atoms with Crippen LogP contribution in [0.5, 0.6) is 0 Å². The summed E-state index contributed by atoms with van der Waals surface area (Å²) in [6.07, 6.45) is 4.30. The second kappa shape index (κ2) is 10.2. The van der Waals surface area contributed by atoms with Crippen LogP contribution in [0.1, 0.15) is 46.1 Å². The fourth-order valence-electron chi connectivity index (χ4n) is 2.64. The van der Waals surface area contributed by atoms with Crippen LogP contribution in [0.3, 0.4) is 0 Å². The van der Waals surface area contributed by atoms with Gasteiger partial charge in [0, 0.05) is 25.8 Å². The maximum atomic E-state index is 12.0. The number of nitrogens with one attached hydrogen (secondary N) is 1. The second-order valence-electron chi connectivity index (χ2n) is 7.76. The van der Waals surface area contributed by atoms with Crippen LogP contribution in [-0.4, -0.2) is 30.0 Å². The number of anilines is 1. The summed E-state index contributed by atoms with van der Waals surface area (Å²) in [4.78, 5) is 18.9. The zero-order chi connectivity index (χ0) is 17.0. The van der Waals surface area contributed by atoms with Crippen LogP contribution in [0.4, 0.5) is 5.82 Å². The van der Waals surface area contributed by atoms with E-state index in [0.29, 0.717) is 6.54 Å². The molecule has 1 aliphatic heterocycles. The lowest BCUT2D eigenvalue weighted by Crippen LogP contribution is -2.48. The number of nitrogens with two attached hydrogens (primary N) is 1. The van der Waals surface area contributed by atoms with E-state index >= 15 is 0 Å². The highest BCUT2D eigenvalue weighted by Crippen LogP contribution is 2.21. The molecule has 144 valence electrons. The Morgan fingerprint density at radius 2 is 1.92 bits per heavy atom. The number of pyridine rings is 1. The Balaban J connectivity index is 0.00000288. The zero-order valence-corrected chi connectivity index (χ0v) is 17.3. The molecule has 0 bridgehead atoms. The predicted octanol–water partition coefficient (Wildman–Crippen LogP) is 3.15. The van der Waals surface area contributed by atoms with E-state index in [9.17, 15) is 4.79 Å². The number of hydrogen-bond acceptors (Lipinski definition) is 4. The van der Waals surface area contributed by atoms with Gasteiger partial charge >= 0.3 is 0 Å². The lowest BCUT2D eigenvalue weighted by atomic mass is 9.87. The summed E-state index contributed by atoms with van der Waals surface area (Å²) >= 11 is 0. The van der Waals surface area contributed by atoms with Gasteiger partial charge in [0.15, 0.2) is 0 Å². The van der Waals surface area contributed by atoms with Crippen molar-refractivity contribution in [3.8, 4) is 0 Å². The third kappa shape index (κ3) is 7.00. The van der Waals surface area contributed by atoms with E-state index in [2.05, 4.69) is 22.1 Å². The molecule has 1 aliphatic rings. The molecule has 25 heavy (non-hydrogen) atoms. The molecule has 1 amide bonds. The highest BCUT2D eigenvalue weighted by atomic mass is 35.5. The number of halogens is 2. The molecule has 0 saturated carbocycles. The van der Waals surface area contributed by atoms with Crippen molar-refractivity contribution in [1.29, 1.82) is 0 Å². The molecule has 0 aliphatic carbocycles. The van der Waals surface area contributed by atoms with Crippen molar-refractivity contribution in [1.82, 2.24) is 10.3 Å². The standard InChI is InChI=1S/C18H30N4O.2ClH/c1-13-7-9-22(10-8-13)15-6-5-14(11-20-15)12-21-17(23)16(19)18(2,3)4;;/h5-6,11,13,16H,7-10,12,19H2,1-4H3,(H,21,23);2*1H/t16-;;/m1../s1. The lowest BCUT2D eigenvalue weighted by Gasteiger charge is -2.31. The van der Waals surface area contributed by atoms with Crippen LogP contribution in [-0.2, 0) is 11.3 Å². The van der Waals surface area contributed by atoms with Gasteiger partial charge in [-0.25, -0.2) is 4.98 Å². The van der Waals surface area contributed by atoms with Crippen molar-refractivity contribution in [2.24, 2.45) is 17.1 Å². The maximum Gasteiger partial charge on any atom is 0.237 e. The van der Waals surface area contributed by atoms with Gasteiger partial charge in [-0.3, -0.25) is 4.79 Å². The summed E-state index contributed by atoms with van der Waals surface area (Å²) in [7, 11) is 0. The summed E-state index contributed by atoms with van der Waals surface area (Å²) in [6.45, 7) is 10.8. The molecule has 0 unspecified atom stereocenters. The number of amides is 1. The predicted molar refractivity (Wildman–Crippen MR) is 109 cm³/mol. The first kappa shape index (κ1) is 24.0. The van der Waals surface area contributed by atoms with E-state index in [4.69, 9.17) is 5.73 Å². The summed E-state index contributed by atoms with van der Waals surface area (Å²) in [5.74, 6) is 1.72. The van der Waals surface area contributed by atoms with Crippen LogP contribution in [0.15, 0.2) is 18.3 Å². The molecule has 2 heterocycles. The van der Waals surface area contributed by atoms with Crippen molar-refractivity contribution in [3.05, 3.63) is 23.9 Å². The van der Waals surface area contributed by atoms with E-state index in [1.807, 2.05) is 39.1 Å². The fourth-order valence-corrected chi connectivity index (χ4v) is 2.64. The van der Waals surface area contributed by atoms with Crippen molar-refractivity contribution < 1.29 is 4.79 Å². The SMILES string of the molecule is CC1CCN(c2ccc(CNC(=O)[C@@H](N)C(C)(C)C)cn2)CC1.Cl.Cl. The van der Waals surface area contributed by atoms with E-state index < -0.39 is 6.04 Å². The topological polar surface area (TPSA) is 71.2 Å². The van der Waals surface area contributed by atoms with Crippen LogP contribution in [0, 0.1) is 11.3 Å². The average Bonchev–Trinajstić information content (AvgIpc) is 2.52. The lowest BCUT2D eigenvalue weighted by molar-refractivity contribution is -0.124. The van der Waals surface area contributed by atoms with Crippen molar-refractivity contribution >= 4 is 36.5 Å². The van der Waals surface area contributed by atoms with Crippen LogP contribution in [0.2, 0.25) is 0 Å². The van der Waals surface area contributed by atoms with Gasteiger partial charge in [0.05, 0.1) is 6.04 Å². The monoisotopic (exact) mass is 390 g/mol. The van der Waals surface area contributed by atoms with Gasteiger partial charge in [0.2, 0.25) is 5.91 Å². The van der Waals surface area contributed by atoms with Gasteiger partial charge in [0.1, 0.15) is 5.82 Å². The Hall–Kier alpha value is -1.04. The molecular weight excluding hydrogens is 359 g/mol. The number of carbonyl (C=O) groups is 1. The molecule has 0 aromatic carbocycles. The number of piperidine rings is 1. The number of nitrogens with zero attached hydrogens (tertiary/aromatic N) is 2. The van der Waals surface area contributed by atoms with Gasteiger partial charge in [-0.1, -0.05) is 33.8 Å². The van der Waals surface area contributed by atoms with Gasteiger partial charge in [-0.2, -0.15) is 0 Å². The summed E-state index contributed by atoms with van der Waals surface area (Å²) < 4.78 is 0. The Kier molecular flexibility index (Phi) is 9.77. The first-order valence-electron chi connectivity index (χ1n) is 8.50. The fraction of sp³-hybridized carbons (Fsp3) is 0.667. The normalized spacial score (nSPS) is 16.4. The van der Waals surface area contributed by atoms with Gasteiger partial charge < -0.3 is 16.0 Å². The summed E-state index contributed by atoms with van der Waals surface area (Å²) in [5.41, 5.74) is 6.71. The van der Waals surface area contributed by atoms with E-state index in [1.165, 1.54) is 12.8 Å². The highest BCUT2D eigenvalue weighted by Gasteiger charge is 2.27. The van der Waals surface area contributed by atoms with E-state index in [1.54, 1.807) is 0 Å². The van der Waals surface area contributed by atoms with Crippen LogP contribution >= 0.6 is 24.8 Å². The average molecular weight is 391 g/mol. The molecule has 0 radical (unpaired) electrons. The first-order valence-corrected chi connectivity index (χ1v) is 8.50. The van der Waals surface area contributed by atoms with E-state index in [0.717, 1.165) is 30.4 Å². The molecule has 0 spiro atoms. The molecule has 3 N–H and O–H groups in total. The van der Waals surface area contributed by atoms with Gasteiger partial charge in [0.25, 0.3) is 0 Å². The minimum absolute atomic E-state index is 0. The smallest absolute Gasteiger partial charge is 0.237 e. The van der Waals surface area contributed by atoms with Crippen LogP contribution in [0.25, 0.3) is 0 Å². The summed E-state index contributed by atoms with van der Waals surface area (Å²) in [5, 5.41) is 2.89. The maximum absolute atomic E-state index is 12.0. The zero-order valence-electron chi connectivity index (χ0n) is 15.6. The Morgan fingerprint density at radius 1 is 1.32 bits per heavy atom. The Labute approximate surface area is 164 Å². The Morgan fingerprint density at radius 3 is 2.40 bits per heavy atom. The number of rotatable bonds is 4. The third-order valence-electron chi connectivity index (χ3n) is 4.60. The first-order chi connectivity index (χ1) is 10.8. The van der Waals surface area contributed by atoms with E-state index in [-0.39, 0.29) is 36.1 Å². The molecular formula is C18H32Cl2N4O. The largest absolute Gasteiger partial charge is 0.357 e. The number of carbonyl (C=O) groups excluding carboxylic acids is 1. The van der Waals surface area contributed by atoms with Crippen molar-refractivity contribution in [2.75, 3.05) is 18.0 Å². The molecule has 5 nitrogen and oxygen atoms in total. The molecule has 1 atom stereocenters. The Bertz CT molecular complexity index is 523. The minimum Gasteiger partial charge on any atom is -0.357 e. The molecule has 1 saturated heterocycles. The van der Waals surface area contributed by atoms with Crippen molar-refractivity contribution in [3.63, 3.8) is 0 Å². The molecule has 7 heteroatoms. The molecule has 1 aromatic rings. The second-order valence-corrected chi connectivity index (χ2v) is 7.76. The van der Waals surface area contributed by atoms with Gasteiger partial charge in [-0.15, -0.1) is 24.8 Å². The quantitative estimate of drug-likeness (QED) is 0.827. The molecule has 2 rings (SSSR count). The number of hydrogen-bond donors (Lipinski definition) is 2. The third-order valence-corrected chi connectivity index (χ3v) is 4.60. The number of aromatic nitrogens is 1.